The van der Waals surface area contributed by atoms with Gasteiger partial charge in [0.1, 0.15) is 18.3 Å². The first-order valence-corrected chi connectivity index (χ1v) is 6.23. The Kier molecular flexibility index (Phi) is 4.09. The Bertz CT molecular complexity index is 592. The second-order valence-electron chi connectivity index (χ2n) is 4.90. The van der Waals surface area contributed by atoms with Gasteiger partial charge in [0.05, 0.1) is 6.10 Å². The fraction of sp³-hybridized carbons (Fsp3) is 0.667. The number of hydrogen-bond donors (Lipinski definition) is 3. The molecule has 0 spiro atoms. The smallest absolute Gasteiger partial charge is 0.330 e. The van der Waals surface area contributed by atoms with Crippen molar-refractivity contribution in [1.82, 2.24) is 9.55 Å². The Hall–Kier alpha value is -1.48. The van der Waals surface area contributed by atoms with E-state index < -0.39 is 41.9 Å². The number of aromatic nitrogens is 2. The molecule has 0 bridgehead atoms. The standard InChI is InChI=1S/C12H18N2O6/c1-5-4-14(12(18)13-10(5)17)11-9(19-3)7(16)8(20-11)6(2)15/h4,6-9,11,15-16H,1-3H3,(H,13,17,18)/t6-,7?,8+,9-,11+/m0/s1. The van der Waals surface area contributed by atoms with Crippen molar-refractivity contribution in [2.24, 2.45) is 0 Å². The van der Waals surface area contributed by atoms with Gasteiger partial charge in [-0.3, -0.25) is 14.3 Å². The Morgan fingerprint density at radius 2 is 2.15 bits per heavy atom. The first-order chi connectivity index (χ1) is 9.36. The third-order valence-electron chi connectivity index (χ3n) is 3.42. The minimum absolute atomic E-state index is 0.332. The molecule has 1 aliphatic heterocycles. The zero-order valence-corrected chi connectivity index (χ0v) is 11.4. The molecule has 2 rings (SSSR count). The minimum Gasteiger partial charge on any atom is -0.391 e. The number of rotatable bonds is 3. The lowest BCUT2D eigenvalue weighted by Crippen LogP contribution is -2.40. The molecular formula is C12H18N2O6. The SMILES string of the molecule is CO[C@H]1C(O)[C@@H]([C@H](C)O)O[C@H]1n1cc(C)c(=O)[nH]c1=O. The molecule has 0 radical (unpaired) electrons. The van der Waals surface area contributed by atoms with Gasteiger partial charge in [-0.15, -0.1) is 0 Å². The van der Waals surface area contributed by atoms with E-state index in [0.29, 0.717) is 5.56 Å². The summed E-state index contributed by atoms with van der Waals surface area (Å²) in [4.78, 5) is 25.4. The summed E-state index contributed by atoms with van der Waals surface area (Å²) in [7, 11) is 1.37. The number of aryl methyl sites for hydroxylation is 1. The van der Waals surface area contributed by atoms with Gasteiger partial charge < -0.3 is 19.7 Å². The lowest BCUT2D eigenvalue weighted by atomic mass is 10.1. The number of hydrogen-bond acceptors (Lipinski definition) is 6. The van der Waals surface area contributed by atoms with Gasteiger partial charge in [0, 0.05) is 18.9 Å². The van der Waals surface area contributed by atoms with E-state index in [2.05, 4.69) is 4.98 Å². The first-order valence-electron chi connectivity index (χ1n) is 6.23. The van der Waals surface area contributed by atoms with E-state index in [1.807, 2.05) is 0 Å². The Morgan fingerprint density at radius 1 is 1.50 bits per heavy atom. The van der Waals surface area contributed by atoms with Crippen molar-refractivity contribution in [3.05, 3.63) is 32.6 Å². The summed E-state index contributed by atoms with van der Waals surface area (Å²) in [5.74, 6) is 0. The van der Waals surface area contributed by atoms with E-state index in [-0.39, 0.29) is 0 Å². The van der Waals surface area contributed by atoms with E-state index in [1.165, 1.54) is 20.2 Å². The number of ether oxygens (including phenoxy) is 2. The van der Waals surface area contributed by atoms with Crippen LogP contribution >= 0.6 is 0 Å². The summed E-state index contributed by atoms with van der Waals surface area (Å²) in [6.45, 7) is 3.03. The number of aliphatic hydroxyl groups is 2. The van der Waals surface area contributed by atoms with Gasteiger partial charge in [-0.2, -0.15) is 0 Å². The van der Waals surface area contributed by atoms with Gasteiger partial charge in [-0.1, -0.05) is 0 Å². The van der Waals surface area contributed by atoms with Crippen LogP contribution in [-0.2, 0) is 9.47 Å². The van der Waals surface area contributed by atoms with E-state index in [1.54, 1.807) is 6.92 Å². The van der Waals surface area contributed by atoms with Crippen LogP contribution in [0.1, 0.15) is 18.7 Å². The van der Waals surface area contributed by atoms with Crippen molar-refractivity contribution in [3.63, 3.8) is 0 Å². The zero-order chi connectivity index (χ0) is 15.0. The van der Waals surface area contributed by atoms with Crippen LogP contribution in [0.15, 0.2) is 15.8 Å². The maximum Gasteiger partial charge on any atom is 0.330 e. The van der Waals surface area contributed by atoms with Crippen LogP contribution in [-0.4, -0.2) is 51.3 Å². The predicted octanol–water partition coefficient (Wildman–Crippen LogP) is -1.50. The highest BCUT2D eigenvalue weighted by molar-refractivity contribution is 5.03. The topological polar surface area (TPSA) is 114 Å². The molecule has 3 N–H and O–H groups in total. The monoisotopic (exact) mass is 286 g/mol. The van der Waals surface area contributed by atoms with Gasteiger partial charge in [-0.05, 0) is 13.8 Å². The van der Waals surface area contributed by atoms with Gasteiger partial charge in [0.15, 0.2) is 6.23 Å². The second kappa shape index (κ2) is 5.49. The van der Waals surface area contributed by atoms with Crippen LogP contribution in [0.4, 0.5) is 0 Å². The lowest BCUT2D eigenvalue weighted by Gasteiger charge is -2.20. The molecule has 5 atom stereocenters. The summed E-state index contributed by atoms with van der Waals surface area (Å²) < 4.78 is 11.8. The summed E-state index contributed by atoms with van der Waals surface area (Å²) in [6, 6.07) is 0. The molecule has 1 aliphatic rings. The first kappa shape index (κ1) is 14.9. The van der Waals surface area contributed by atoms with Crippen molar-refractivity contribution in [2.75, 3.05) is 7.11 Å². The molecule has 20 heavy (non-hydrogen) atoms. The number of H-pyrrole nitrogens is 1. The normalized spacial score (nSPS) is 31.4. The number of methoxy groups -OCH3 is 1. The van der Waals surface area contributed by atoms with Crippen molar-refractivity contribution in [1.29, 1.82) is 0 Å². The van der Waals surface area contributed by atoms with Crippen LogP contribution < -0.4 is 11.2 Å². The third-order valence-corrected chi connectivity index (χ3v) is 3.42. The predicted molar refractivity (Wildman–Crippen MR) is 68.5 cm³/mol. The molecule has 2 heterocycles. The van der Waals surface area contributed by atoms with Crippen LogP contribution in [0, 0.1) is 6.92 Å². The minimum atomic E-state index is -1.08. The van der Waals surface area contributed by atoms with Gasteiger partial charge in [0.25, 0.3) is 5.56 Å². The molecule has 1 aromatic heterocycles. The summed E-state index contributed by atoms with van der Waals surface area (Å²) in [5.41, 5.74) is -0.810. The average Bonchev–Trinajstić information content (AvgIpc) is 2.70. The van der Waals surface area contributed by atoms with E-state index >= 15 is 0 Å². The Labute approximate surface area is 114 Å². The average molecular weight is 286 g/mol. The summed E-state index contributed by atoms with van der Waals surface area (Å²) in [6.07, 6.45) is -3.27. The Morgan fingerprint density at radius 3 is 2.70 bits per heavy atom. The highest BCUT2D eigenvalue weighted by atomic mass is 16.6. The highest BCUT2D eigenvalue weighted by Crippen LogP contribution is 2.31. The van der Waals surface area contributed by atoms with E-state index in [4.69, 9.17) is 9.47 Å². The number of nitrogens with one attached hydrogen (secondary N) is 1. The van der Waals surface area contributed by atoms with Gasteiger partial charge >= 0.3 is 5.69 Å². The second-order valence-corrected chi connectivity index (χ2v) is 4.90. The summed E-state index contributed by atoms with van der Waals surface area (Å²) >= 11 is 0. The molecule has 1 unspecified atom stereocenters. The van der Waals surface area contributed by atoms with Crippen LogP contribution in [0.25, 0.3) is 0 Å². The highest BCUT2D eigenvalue weighted by Gasteiger charge is 2.47. The largest absolute Gasteiger partial charge is 0.391 e. The maximum absolute atomic E-state index is 11.9. The van der Waals surface area contributed by atoms with Crippen molar-refractivity contribution >= 4 is 0 Å². The molecular weight excluding hydrogens is 268 g/mol. The van der Waals surface area contributed by atoms with Crippen LogP contribution in [0.5, 0.6) is 0 Å². The summed E-state index contributed by atoms with van der Waals surface area (Å²) in [5, 5.41) is 19.7. The molecule has 1 fully saturated rings. The molecule has 112 valence electrons. The quantitative estimate of drug-likeness (QED) is 0.623. The molecule has 0 aliphatic carbocycles. The number of aromatic amines is 1. The van der Waals surface area contributed by atoms with Crippen molar-refractivity contribution in [2.45, 2.75) is 44.5 Å². The van der Waals surface area contributed by atoms with Gasteiger partial charge in [0.2, 0.25) is 0 Å². The van der Waals surface area contributed by atoms with Crippen molar-refractivity contribution in [3.8, 4) is 0 Å². The third kappa shape index (κ3) is 2.42. The fourth-order valence-electron chi connectivity index (χ4n) is 2.33. The molecule has 0 aromatic carbocycles. The van der Waals surface area contributed by atoms with E-state index in [0.717, 1.165) is 4.57 Å². The molecule has 1 saturated heterocycles. The maximum atomic E-state index is 11.9. The lowest BCUT2D eigenvalue weighted by molar-refractivity contribution is -0.0827. The number of nitrogens with zero attached hydrogens (tertiary/aromatic N) is 1. The Balaban J connectivity index is 2.44. The molecule has 8 nitrogen and oxygen atoms in total. The molecule has 1 aromatic rings. The number of aliphatic hydroxyl groups excluding tert-OH is 2. The van der Waals surface area contributed by atoms with Crippen molar-refractivity contribution < 1.29 is 19.7 Å². The van der Waals surface area contributed by atoms with Crippen LogP contribution in [0.3, 0.4) is 0 Å². The van der Waals surface area contributed by atoms with Gasteiger partial charge in [-0.25, -0.2) is 4.79 Å². The molecule has 8 heteroatoms. The molecule has 0 amide bonds. The fourth-order valence-corrected chi connectivity index (χ4v) is 2.33. The van der Waals surface area contributed by atoms with Crippen LogP contribution in [0.2, 0.25) is 0 Å². The van der Waals surface area contributed by atoms with E-state index in [9.17, 15) is 19.8 Å². The molecule has 0 saturated carbocycles. The zero-order valence-electron chi connectivity index (χ0n) is 11.4.